The van der Waals surface area contributed by atoms with Gasteiger partial charge in [0.2, 0.25) is 0 Å². The number of methoxy groups -OCH3 is 3. The first-order chi connectivity index (χ1) is 17.9. The van der Waals surface area contributed by atoms with Crippen LogP contribution in [0.5, 0.6) is 23.0 Å². The second-order valence-corrected chi connectivity index (χ2v) is 8.36. The van der Waals surface area contributed by atoms with Gasteiger partial charge in [0.25, 0.3) is 11.7 Å². The van der Waals surface area contributed by atoms with Crippen LogP contribution in [-0.2, 0) is 9.59 Å². The second-order valence-electron chi connectivity index (χ2n) is 8.36. The Labute approximate surface area is 215 Å². The SMILES string of the molecule is CCCOc1cccc(C2/C(=C(\O)c3ccc(OC)c(OC)c3)C(=O)C(=O)N2c2ccc(OC)cc2)c1. The number of carbonyl (C=O) groups excluding carboxylic acids is 2. The second kappa shape index (κ2) is 11.1. The summed E-state index contributed by atoms with van der Waals surface area (Å²) in [5.74, 6) is 0.186. The van der Waals surface area contributed by atoms with Gasteiger partial charge in [-0.15, -0.1) is 0 Å². The molecule has 0 radical (unpaired) electrons. The fourth-order valence-corrected chi connectivity index (χ4v) is 4.29. The number of amides is 1. The number of hydrogen-bond donors (Lipinski definition) is 1. The summed E-state index contributed by atoms with van der Waals surface area (Å²) in [5, 5.41) is 11.4. The first kappa shape index (κ1) is 25.6. The predicted molar refractivity (Wildman–Crippen MR) is 140 cm³/mol. The molecule has 0 aromatic heterocycles. The molecule has 1 atom stereocenters. The van der Waals surface area contributed by atoms with E-state index in [0.29, 0.717) is 46.4 Å². The molecule has 0 aliphatic carbocycles. The lowest BCUT2D eigenvalue weighted by Crippen LogP contribution is -2.29. The average molecular weight is 504 g/mol. The molecule has 37 heavy (non-hydrogen) atoms. The van der Waals surface area contributed by atoms with E-state index in [2.05, 4.69) is 0 Å². The van der Waals surface area contributed by atoms with Crippen molar-refractivity contribution in [1.82, 2.24) is 0 Å². The van der Waals surface area contributed by atoms with Gasteiger partial charge in [-0.1, -0.05) is 19.1 Å². The Morgan fingerprint density at radius 2 is 1.59 bits per heavy atom. The van der Waals surface area contributed by atoms with Gasteiger partial charge in [0.05, 0.1) is 39.6 Å². The Hall–Kier alpha value is -4.46. The molecule has 0 spiro atoms. The molecule has 4 rings (SSSR count). The number of rotatable bonds is 9. The Morgan fingerprint density at radius 3 is 2.24 bits per heavy atom. The molecule has 1 unspecified atom stereocenters. The molecular weight excluding hydrogens is 474 g/mol. The molecule has 1 saturated heterocycles. The smallest absolute Gasteiger partial charge is 0.300 e. The van der Waals surface area contributed by atoms with Crippen LogP contribution in [0.2, 0.25) is 0 Å². The van der Waals surface area contributed by atoms with Crippen LogP contribution in [0.3, 0.4) is 0 Å². The number of benzene rings is 3. The zero-order chi connectivity index (χ0) is 26.5. The van der Waals surface area contributed by atoms with Gasteiger partial charge in [-0.2, -0.15) is 0 Å². The minimum absolute atomic E-state index is 0.0410. The lowest BCUT2D eigenvalue weighted by Gasteiger charge is -2.26. The van der Waals surface area contributed by atoms with Crippen molar-refractivity contribution < 1.29 is 33.6 Å². The topological polar surface area (TPSA) is 94.5 Å². The van der Waals surface area contributed by atoms with Gasteiger partial charge < -0.3 is 24.1 Å². The Morgan fingerprint density at radius 1 is 0.865 bits per heavy atom. The van der Waals surface area contributed by atoms with Crippen LogP contribution < -0.4 is 23.8 Å². The van der Waals surface area contributed by atoms with Crippen molar-refractivity contribution >= 4 is 23.1 Å². The highest BCUT2D eigenvalue weighted by Gasteiger charge is 2.47. The number of carbonyl (C=O) groups is 2. The molecule has 1 heterocycles. The first-order valence-electron chi connectivity index (χ1n) is 11.8. The van der Waals surface area contributed by atoms with E-state index in [1.165, 1.54) is 19.1 Å². The summed E-state index contributed by atoms with van der Waals surface area (Å²) in [7, 11) is 4.53. The van der Waals surface area contributed by atoms with E-state index in [1.54, 1.807) is 67.8 Å². The van der Waals surface area contributed by atoms with Gasteiger partial charge in [0.15, 0.2) is 11.5 Å². The zero-order valence-electron chi connectivity index (χ0n) is 21.2. The van der Waals surface area contributed by atoms with Gasteiger partial charge in [-0.3, -0.25) is 14.5 Å². The van der Waals surface area contributed by atoms with Crippen LogP contribution in [0.15, 0.2) is 72.3 Å². The maximum absolute atomic E-state index is 13.4. The van der Waals surface area contributed by atoms with Crippen LogP contribution in [0, 0.1) is 0 Å². The molecule has 1 aliphatic heterocycles. The highest BCUT2D eigenvalue weighted by molar-refractivity contribution is 6.51. The van der Waals surface area contributed by atoms with E-state index in [9.17, 15) is 14.7 Å². The molecule has 3 aromatic rings. The summed E-state index contributed by atoms with van der Waals surface area (Å²) < 4.78 is 21.7. The third-order valence-corrected chi connectivity index (χ3v) is 6.10. The molecular formula is C29H29NO7. The number of aliphatic hydroxyl groups excluding tert-OH is 1. The van der Waals surface area contributed by atoms with E-state index in [1.807, 2.05) is 13.0 Å². The summed E-state index contributed by atoms with van der Waals surface area (Å²) in [6.45, 7) is 2.53. The van der Waals surface area contributed by atoms with Crippen LogP contribution in [0.1, 0.15) is 30.5 Å². The van der Waals surface area contributed by atoms with Crippen LogP contribution in [-0.4, -0.2) is 44.7 Å². The predicted octanol–water partition coefficient (Wildman–Crippen LogP) is 5.13. The van der Waals surface area contributed by atoms with E-state index < -0.39 is 17.7 Å². The molecule has 1 aliphatic rings. The number of nitrogens with zero attached hydrogens (tertiary/aromatic N) is 1. The number of Topliss-reactive ketones (excluding diaryl/α,β-unsaturated/α-hetero) is 1. The minimum Gasteiger partial charge on any atom is -0.507 e. The number of ketones is 1. The van der Waals surface area contributed by atoms with Crippen molar-refractivity contribution in [3.05, 3.63) is 83.4 Å². The maximum Gasteiger partial charge on any atom is 0.300 e. The Bertz CT molecular complexity index is 1330. The number of anilines is 1. The van der Waals surface area contributed by atoms with Gasteiger partial charge in [0.1, 0.15) is 17.3 Å². The lowest BCUT2D eigenvalue weighted by atomic mass is 9.94. The van der Waals surface area contributed by atoms with Gasteiger partial charge in [-0.05, 0) is 66.6 Å². The molecule has 0 saturated carbocycles. The number of aliphatic hydroxyl groups is 1. The molecule has 1 amide bonds. The standard InChI is InChI=1S/C29H29NO7/c1-5-15-37-22-8-6-7-18(16-22)26-25(27(31)19-9-14-23(35-3)24(17-19)36-4)28(32)29(33)30(26)20-10-12-21(34-2)13-11-20/h6-14,16-17,26,31H,5,15H2,1-4H3/b27-25+. The van der Waals surface area contributed by atoms with Crippen molar-refractivity contribution in [3.63, 3.8) is 0 Å². The number of ether oxygens (including phenoxy) is 4. The number of hydrogen-bond acceptors (Lipinski definition) is 7. The summed E-state index contributed by atoms with van der Waals surface area (Å²) in [6, 6.07) is 17.9. The monoisotopic (exact) mass is 503 g/mol. The zero-order valence-corrected chi connectivity index (χ0v) is 21.2. The summed E-state index contributed by atoms with van der Waals surface area (Å²) in [5.41, 5.74) is 1.37. The van der Waals surface area contributed by atoms with Crippen molar-refractivity contribution in [2.45, 2.75) is 19.4 Å². The Balaban J connectivity index is 1.91. The van der Waals surface area contributed by atoms with Gasteiger partial charge in [0, 0.05) is 11.3 Å². The molecule has 3 aromatic carbocycles. The van der Waals surface area contributed by atoms with Crippen molar-refractivity contribution in [3.8, 4) is 23.0 Å². The molecule has 192 valence electrons. The fourth-order valence-electron chi connectivity index (χ4n) is 4.29. The van der Waals surface area contributed by atoms with Gasteiger partial charge in [-0.25, -0.2) is 0 Å². The maximum atomic E-state index is 13.4. The molecule has 1 fully saturated rings. The lowest BCUT2D eigenvalue weighted by molar-refractivity contribution is -0.132. The third-order valence-electron chi connectivity index (χ3n) is 6.10. The highest BCUT2D eigenvalue weighted by Crippen LogP contribution is 2.43. The third kappa shape index (κ3) is 4.95. The Kier molecular flexibility index (Phi) is 7.67. The highest BCUT2D eigenvalue weighted by atomic mass is 16.5. The van der Waals surface area contributed by atoms with Crippen LogP contribution in [0.25, 0.3) is 5.76 Å². The summed E-state index contributed by atoms with van der Waals surface area (Å²) in [6.07, 6.45) is 0.827. The molecule has 8 nitrogen and oxygen atoms in total. The summed E-state index contributed by atoms with van der Waals surface area (Å²) in [4.78, 5) is 28.2. The van der Waals surface area contributed by atoms with E-state index >= 15 is 0 Å². The van der Waals surface area contributed by atoms with E-state index in [-0.39, 0.29) is 11.3 Å². The van der Waals surface area contributed by atoms with Crippen molar-refractivity contribution in [2.75, 3.05) is 32.8 Å². The largest absolute Gasteiger partial charge is 0.507 e. The van der Waals surface area contributed by atoms with Crippen LogP contribution >= 0.6 is 0 Å². The minimum atomic E-state index is -0.897. The summed E-state index contributed by atoms with van der Waals surface area (Å²) >= 11 is 0. The van der Waals surface area contributed by atoms with Crippen LogP contribution in [0.4, 0.5) is 5.69 Å². The normalized spacial score (nSPS) is 16.5. The molecule has 8 heteroatoms. The first-order valence-corrected chi connectivity index (χ1v) is 11.8. The fraction of sp³-hybridized carbons (Fsp3) is 0.241. The van der Waals surface area contributed by atoms with Crippen molar-refractivity contribution in [2.24, 2.45) is 0 Å². The molecule has 0 bridgehead atoms. The average Bonchev–Trinajstić information content (AvgIpc) is 3.21. The van der Waals surface area contributed by atoms with Gasteiger partial charge >= 0.3 is 0 Å². The van der Waals surface area contributed by atoms with E-state index in [4.69, 9.17) is 18.9 Å². The quantitative estimate of drug-likeness (QED) is 0.246. The van der Waals surface area contributed by atoms with E-state index in [0.717, 1.165) is 6.42 Å². The van der Waals surface area contributed by atoms with Crippen molar-refractivity contribution in [1.29, 1.82) is 0 Å². The molecule has 1 N–H and O–H groups in total.